The van der Waals surface area contributed by atoms with E-state index < -0.39 is 8.32 Å². The lowest BCUT2D eigenvalue weighted by Crippen LogP contribution is -2.33. The maximum atomic E-state index is 6.13. The predicted octanol–water partition coefficient (Wildman–Crippen LogP) is 6.02. The summed E-state index contributed by atoms with van der Waals surface area (Å²) in [6.45, 7) is 7.25. The minimum absolute atomic E-state index is 0.0969. The largest absolute Gasteiger partial charge is 0.417 e. The highest BCUT2D eigenvalue weighted by Gasteiger charge is 2.31. The van der Waals surface area contributed by atoms with E-state index in [-0.39, 0.29) is 5.92 Å². The summed E-state index contributed by atoms with van der Waals surface area (Å²) < 4.78 is 6.05. The van der Waals surface area contributed by atoms with Gasteiger partial charge in [0.1, 0.15) is 0 Å². The number of hydrogen-bond donors (Lipinski definition) is 0. The smallest absolute Gasteiger partial charge is 0.189 e. The first-order valence-electron chi connectivity index (χ1n) is 6.11. The molecular weight excluding hydrogens is 330 g/mol. The van der Waals surface area contributed by atoms with Gasteiger partial charge in [-0.1, -0.05) is 60.3 Å². The number of rotatable bonds is 6. The highest BCUT2D eigenvalue weighted by molar-refractivity contribution is 6.72. The van der Waals surface area contributed by atoms with Crippen molar-refractivity contribution in [1.82, 2.24) is 0 Å². The summed E-state index contributed by atoms with van der Waals surface area (Å²) in [6.07, 6.45) is 0.729. The Bertz CT molecular complexity index is 350. The van der Waals surface area contributed by atoms with Gasteiger partial charge in [0.25, 0.3) is 0 Å². The van der Waals surface area contributed by atoms with Crippen molar-refractivity contribution >= 4 is 54.7 Å². The van der Waals surface area contributed by atoms with E-state index in [1.807, 2.05) is 0 Å². The first-order chi connectivity index (χ1) is 8.36. The molecule has 1 aliphatic carbocycles. The molecule has 0 heterocycles. The third kappa shape index (κ3) is 3.68. The Morgan fingerprint density at radius 1 is 1.00 bits per heavy atom. The molecule has 1 rings (SSSR count). The fourth-order valence-electron chi connectivity index (χ4n) is 1.76. The fourth-order valence-corrected chi connectivity index (χ4v) is 4.52. The summed E-state index contributed by atoms with van der Waals surface area (Å²) in [4.78, 5) is 0. The van der Waals surface area contributed by atoms with Crippen LogP contribution in [0.4, 0.5) is 0 Å². The molecule has 104 valence electrons. The average molecular weight is 348 g/mol. The van der Waals surface area contributed by atoms with E-state index in [0.717, 1.165) is 18.5 Å². The molecule has 0 aromatic carbocycles. The summed E-state index contributed by atoms with van der Waals surface area (Å²) in [5, 5.41) is 1.82. The van der Waals surface area contributed by atoms with Crippen molar-refractivity contribution in [1.29, 1.82) is 0 Å². The van der Waals surface area contributed by atoms with E-state index in [1.165, 1.54) is 0 Å². The van der Waals surface area contributed by atoms with Gasteiger partial charge in [-0.05, 0) is 25.1 Å². The van der Waals surface area contributed by atoms with Crippen LogP contribution >= 0.6 is 46.4 Å². The van der Waals surface area contributed by atoms with Gasteiger partial charge < -0.3 is 4.43 Å². The van der Waals surface area contributed by atoms with Crippen molar-refractivity contribution in [2.45, 2.75) is 38.9 Å². The average Bonchev–Trinajstić information content (AvgIpc) is 2.56. The van der Waals surface area contributed by atoms with Crippen LogP contribution in [0, 0.1) is 5.92 Å². The van der Waals surface area contributed by atoms with Crippen molar-refractivity contribution in [3.05, 3.63) is 20.1 Å². The second-order valence-corrected chi connectivity index (χ2v) is 10.8. The Balaban J connectivity index is 2.56. The van der Waals surface area contributed by atoms with Gasteiger partial charge in [-0.25, -0.2) is 0 Å². The third-order valence-corrected chi connectivity index (χ3v) is 9.45. The zero-order valence-corrected chi connectivity index (χ0v) is 14.8. The maximum absolute atomic E-state index is 6.13. The Morgan fingerprint density at radius 3 is 1.83 bits per heavy atom. The van der Waals surface area contributed by atoms with Gasteiger partial charge in [-0.3, -0.25) is 0 Å². The second kappa shape index (κ2) is 7.01. The minimum atomic E-state index is -1.53. The SMILES string of the molecule is CC[Si](C)(CC)OCCC1C(Cl)=C(Cl)C(Cl)=C1Cl. The van der Waals surface area contributed by atoms with Crippen molar-refractivity contribution in [2.24, 2.45) is 5.92 Å². The summed E-state index contributed by atoms with van der Waals surface area (Å²) in [5.41, 5.74) is 0. The van der Waals surface area contributed by atoms with Crippen LogP contribution in [0.2, 0.25) is 18.6 Å². The van der Waals surface area contributed by atoms with Crippen molar-refractivity contribution in [2.75, 3.05) is 6.61 Å². The monoisotopic (exact) mass is 346 g/mol. The molecule has 0 amide bonds. The highest BCUT2D eigenvalue weighted by atomic mass is 35.5. The standard InChI is InChI=1S/C12H18Cl4OSi/c1-4-18(3,5-2)17-7-6-8-9(13)11(15)12(16)10(8)14/h8H,4-7H2,1-3H3. The van der Waals surface area contributed by atoms with Crippen molar-refractivity contribution < 1.29 is 4.43 Å². The molecule has 6 heteroatoms. The van der Waals surface area contributed by atoms with E-state index >= 15 is 0 Å². The molecule has 1 nitrogen and oxygen atoms in total. The van der Waals surface area contributed by atoms with E-state index in [9.17, 15) is 0 Å². The molecule has 0 N–H and O–H groups in total. The van der Waals surface area contributed by atoms with E-state index in [0.29, 0.717) is 26.7 Å². The number of allylic oxidation sites excluding steroid dienone is 4. The van der Waals surface area contributed by atoms with Crippen molar-refractivity contribution in [3.8, 4) is 0 Å². The number of halogens is 4. The Hall–Kier alpha value is 0.817. The van der Waals surface area contributed by atoms with E-state index in [2.05, 4.69) is 20.4 Å². The summed E-state index contributed by atoms with van der Waals surface area (Å²) in [7, 11) is -1.53. The zero-order valence-electron chi connectivity index (χ0n) is 10.8. The van der Waals surface area contributed by atoms with Gasteiger partial charge in [-0.2, -0.15) is 0 Å². The summed E-state index contributed by atoms with van der Waals surface area (Å²) >= 11 is 24.2. The molecule has 0 unspecified atom stereocenters. The molecule has 0 bridgehead atoms. The fraction of sp³-hybridized carbons (Fsp3) is 0.667. The topological polar surface area (TPSA) is 9.23 Å². The quantitative estimate of drug-likeness (QED) is 0.534. The van der Waals surface area contributed by atoms with E-state index in [1.54, 1.807) is 0 Å². The number of hydrogen-bond acceptors (Lipinski definition) is 1. The zero-order chi connectivity index (χ0) is 13.9. The Labute approximate surface area is 130 Å². The Morgan fingerprint density at radius 2 is 1.44 bits per heavy atom. The van der Waals surface area contributed by atoms with Gasteiger partial charge in [0.15, 0.2) is 8.32 Å². The lowest BCUT2D eigenvalue weighted by molar-refractivity contribution is 0.287. The second-order valence-electron chi connectivity index (χ2n) is 4.67. The summed E-state index contributed by atoms with van der Waals surface area (Å²) in [6, 6.07) is 2.23. The van der Waals surface area contributed by atoms with Gasteiger partial charge in [-0.15, -0.1) is 0 Å². The maximum Gasteiger partial charge on any atom is 0.189 e. The van der Waals surface area contributed by atoms with Crippen LogP contribution in [0.15, 0.2) is 20.1 Å². The van der Waals surface area contributed by atoms with Crippen LogP contribution in [0.3, 0.4) is 0 Å². The molecule has 1 aliphatic rings. The molecule has 0 atom stereocenters. The van der Waals surface area contributed by atoms with Crippen molar-refractivity contribution in [3.63, 3.8) is 0 Å². The summed E-state index contributed by atoms with van der Waals surface area (Å²) in [5.74, 6) is -0.0969. The lowest BCUT2D eigenvalue weighted by atomic mass is 10.1. The molecule has 0 aliphatic heterocycles. The van der Waals surface area contributed by atoms with E-state index in [4.69, 9.17) is 50.8 Å². The van der Waals surface area contributed by atoms with Crippen LogP contribution in [-0.2, 0) is 4.43 Å². The van der Waals surface area contributed by atoms with Gasteiger partial charge in [0, 0.05) is 22.6 Å². The van der Waals surface area contributed by atoms with Crippen LogP contribution in [-0.4, -0.2) is 14.9 Å². The molecule has 0 saturated carbocycles. The third-order valence-electron chi connectivity index (χ3n) is 3.58. The first-order valence-corrected chi connectivity index (χ1v) is 10.4. The van der Waals surface area contributed by atoms with Gasteiger partial charge in [0.05, 0.1) is 10.1 Å². The van der Waals surface area contributed by atoms with Crippen LogP contribution in [0.5, 0.6) is 0 Å². The van der Waals surface area contributed by atoms with Gasteiger partial charge >= 0.3 is 0 Å². The van der Waals surface area contributed by atoms with Crippen LogP contribution in [0.1, 0.15) is 20.3 Å². The molecule has 0 aromatic heterocycles. The molecule has 0 spiro atoms. The molecule has 0 aromatic rings. The predicted molar refractivity (Wildman–Crippen MR) is 84.1 cm³/mol. The highest BCUT2D eigenvalue weighted by Crippen LogP contribution is 2.46. The molecular formula is C12H18Cl4OSi. The molecule has 18 heavy (non-hydrogen) atoms. The van der Waals surface area contributed by atoms with Crippen LogP contribution in [0.25, 0.3) is 0 Å². The van der Waals surface area contributed by atoms with Gasteiger partial charge in [0.2, 0.25) is 0 Å². The first kappa shape index (κ1) is 16.9. The molecule has 0 fully saturated rings. The normalized spacial score (nSPS) is 18.2. The molecule has 0 radical (unpaired) electrons. The molecule has 0 saturated heterocycles. The lowest BCUT2D eigenvalue weighted by Gasteiger charge is -2.25. The Kier molecular flexibility index (Phi) is 6.57. The minimum Gasteiger partial charge on any atom is -0.417 e. The van der Waals surface area contributed by atoms with Crippen LogP contribution < -0.4 is 0 Å².